The van der Waals surface area contributed by atoms with Crippen molar-refractivity contribution in [1.82, 2.24) is 5.32 Å². The molecule has 1 aromatic rings. The molecule has 5 heteroatoms. The summed E-state index contributed by atoms with van der Waals surface area (Å²) in [6.07, 6.45) is -0.470. The van der Waals surface area contributed by atoms with E-state index in [1.165, 1.54) is 7.11 Å². The van der Waals surface area contributed by atoms with Gasteiger partial charge in [0.15, 0.2) is 0 Å². The third kappa shape index (κ3) is 3.32. The predicted octanol–water partition coefficient (Wildman–Crippen LogP) is 2.20. The minimum absolute atomic E-state index is 0.371. The fourth-order valence-corrected chi connectivity index (χ4v) is 1.35. The monoisotopic (exact) mass is 229 g/mol. The third-order valence-corrected chi connectivity index (χ3v) is 2.13. The van der Waals surface area contributed by atoms with Gasteiger partial charge in [-0.3, -0.25) is 0 Å². The van der Waals surface area contributed by atoms with Gasteiger partial charge in [-0.1, -0.05) is 17.7 Å². The molecule has 0 saturated heterocycles. The van der Waals surface area contributed by atoms with Gasteiger partial charge in [-0.05, 0) is 17.7 Å². The van der Waals surface area contributed by atoms with Crippen molar-refractivity contribution < 1.29 is 14.3 Å². The number of alkyl carbamates (subject to hydrolysis) is 1. The SMILES string of the molecule is COC(=O)NCc1ccc(OC)c(Cl)c1. The highest BCUT2D eigenvalue weighted by atomic mass is 35.5. The first kappa shape index (κ1) is 11.7. The van der Waals surface area contributed by atoms with Crippen LogP contribution in [0, 0.1) is 0 Å². The van der Waals surface area contributed by atoms with Crippen molar-refractivity contribution >= 4 is 17.7 Å². The molecule has 0 aliphatic heterocycles. The molecule has 0 bridgehead atoms. The molecule has 0 atom stereocenters. The number of hydrogen-bond acceptors (Lipinski definition) is 3. The first-order valence-corrected chi connectivity index (χ1v) is 4.69. The molecule has 0 heterocycles. The number of benzene rings is 1. The molecule has 0 aromatic heterocycles. The van der Waals surface area contributed by atoms with E-state index >= 15 is 0 Å². The Labute approximate surface area is 93.1 Å². The summed E-state index contributed by atoms with van der Waals surface area (Å²) in [6, 6.07) is 5.30. The Morgan fingerprint density at radius 1 is 1.47 bits per heavy atom. The summed E-state index contributed by atoms with van der Waals surface area (Å²) in [4.78, 5) is 10.8. The van der Waals surface area contributed by atoms with E-state index in [1.54, 1.807) is 19.2 Å². The number of carbonyl (C=O) groups is 1. The van der Waals surface area contributed by atoms with E-state index in [0.29, 0.717) is 17.3 Å². The number of rotatable bonds is 3. The highest BCUT2D eigenvalue weighted by Crippen LogP contribution is 2.24. The molecule has 1 rings (SSSR count). The lowest BCUT2D eigenvalue weighted by molar-refractivity contribution is 0.170. The molecule has 0 aliphatic carbocycles. The van der Waals surface area contributed by atoms with Gasteiger partial charge in [-0.2, -0.15) is 0 Å². The van der Waals surface area contributed by atoms with Crippen molar-refractivity contribution in [3.05, 3.63) is 28.8 Å². The predicted molar refractivity (Wildman–Crippen MR) is 57.2 cm³/mol. The Balaban J connectivity index is 2.63. The zero-order chi connectivity index (χ0) is 11.3. The van der Waals surface area contributed by atoms with Crippen LogP contribution in [-0.2, 0) is 11.3 Å². The summed E-state index contributed by atoms with van der Waals surface area (Å²) >= 11 is 5.91. The van der Waals surface area contributed by atoms with Crippen LogP contribution in [0.25, 0.3) is 0 Å². The van der Waals surface area contributed by atoms with E-state index in [-0.39, 0.29) is 0 Å². The maximum Gasteiger partial charge on any atom is 0.407 e. The van der Waals surface area contributed by atoms with Crippen molar-refractivity contribution in [2.24, 2.45) is 0 Å². The summed E-state index contributed by atoms with van der Waals surface area (Å²) < 4.78 is 9.44. The van der Waals surface area contributed by atoms with Gasteiger partial charge in [0.25, 0.3) is 0 Å². The average molecular weight is 230 g/mol. The minimum Gasteiger partial charge on any atom is -0.495 e. The lowest BCUT2D eigenvalue weighted by atomic mass is 10.2. The van der Waals surface area contributed by atoms with Crippen molar-refractivity contribution in [1.29, 1.82) is 0 Å². The van der Waals surface area contributed by atoms with E-state index < -0.39 is 6.09 Å². The van der Waals surface area contributed by atoms with Crippen LogP contribution in [0.1, 0.15) is 5.56 Å². The van der Waals surface area contributed by atoms with Crippen LogP contribution in [0.4, 0.5) is 4.79 Å². The van der Waals surface area contributed by atoms with Crippen LogP contribution in [0.3, 0.4) is 0 Å². The lowest BCUT2D eigenvalue weighted by Crippen LogP contribution is -2.22. The molecule has 4 nitrogen and oxygen atoms in total. The highest BCUT2D eigenvalue weighted by molar-refractivity contribution is 6.32. The molecule has 1 N–H and O–H groups in total. The minimum atomic E-state index is -0.470. The first-order valence-electron chi connectivity index (χ1n) is 4.31. The molecular formula is C10H12ClNO3. The Hall–Kier alpha value is -1.42. The Morgan fingerprint density at radius 3 is 2.73 bits per heavy atom. The summed E-state index contributed by atoms with van der Waals surface area (Å²) in [5.74, 6) is 0.610. The van der Waals surface area contributed by atoms with Gasteiger partial charge in [0.05, 0.1) is 19.2 Å². The van der Waals surface area contributed by atoms with Crippen LogP contribution in [0.5, 0.6) is 5.75 Å². The lowest BCUT2D eigenvalue weighted by Gasteiger charge is -2.06. The van der Waals surface area contributed by atoms with Gasteiger partial charge in [0, 0.05) is 6.54 Å². The van der Waals surface area contributed by atoms with Gasteiger partial charge in [0.2, 0.25) is 0 Å². The van der Waals surface area contributed by atoms with E-state index in [0.717, 1.165) is 5.56 Å². The summed E-state index contributed by atoms with van der Waals surface area (Å²) in [7, 11) is 2.86. The summed E-state index contributed by atoms with van der Waals surface area (Å²) in [6.45, 7) is 0.371. The smallest absolute Gasteiger partial charge is 0.407 e. The number of hydrogen-bond donors (Lipinski definition) is 1. The molecule has 0 aliphatic rings. The molecule has 1 aromatic carbocycles. The van der Waals surface area contributed by atoms with Crippen LogP contribution in [-0.4, -0.2) is 20.3 Å². The van der Waals surface area contributed by atoms with Gasteiger partial charge < -0.3 is 14.8 Å². The molecule has 82 valence electrons. The maximum absolute atomic E-state index is 10.8. The topological polar surface area (TPSA) is 47.6 Å². The molecule has 0 saturated carbocycles. The van der Waals surface area contributed by atoms with Crippen molar-refractivity contribution in [2.75, 3.05) is 14.2 Å². The Bertz CT molecular complexity index is 355. The quantitative estimate of drug-likeness (QED) is 0.865. The second-order valence-corrected chi connectivity index (χ2v) is 3.22. The van der Waals surface area contributed by atoms with Crippen LogP contribution < -0.4 is 10.1 Å². The summed E-state index contributed by atoms with van der Waals surface area (Å²) in [5.41, 5.74) is 0.881. The van der Waals surface area contributed by atoms with E-state index in [9.17, 15) is 4.79 Å². The third-order valence-electron chi connectivity index (χ3n) is 1.84. The molecule has 0 spiro atoms. The number of methoxy groups -OCH3 is 2. The average Bonchev–Trinajstić information content (AvgIpc) is 2.26. The normalized spacial score (nSPS) is 9.53. The Kier molecular flexibility index (Phi) is 4.24. The molecular weight excluding hydrogens is 218 g/mol. The maximum atomic E-state index is 10.8. The van der Waals surface area contributed by atoms with Crippen molar-refractivity contribution in [3.63, 3.8) is 0 Å². The van der Waals surface area contributed by atoms with E-state index in [1.807, 2.05) is 6.07 Å². The van der Waals surface area contributed by atoms with Gasteiger partial charge >= 0.3 is 6.09 Å². The molecule has 15 heavy (non-hydrogen) atoms. The summed E-state index contributed by atoms with van der Waals surface area (Å²) in [5, 5.41) is 3.07. The molecule has 0 unspecified atom stereocenters. The fourth-order valence-electron chi connectivity index (χ4n) is 1.07. The van der Waals surface area contributed by atoms with E-state index in [2.05, 4.69) is 10.1 Å². The van der Waals surface area contributed by atoms with Crippen molar-refractivity contribution in [2.45, 2.75) is 6.54 Å². The van der Waals surface area contributed by atoms with Crippen LogP contribution >= 0.6 is 11.6 Å². The second-order valence-electron chi connectivity index (χ2n) is 2.81. The van der Waals surface area contributed by atoms with Gasteiger partial charge in [0.1, 0.15) is 5.75 Å². The number of nitrogens with one attached hydrogen (secondary N) is 1. The van der Waals surface area contributed by atoms with Gasteiger partial charge in [-0.15, -0.1) is 0 Å². The number of ether oxygens (including phenoxy) is 2. The van der Waals surface area contributed by atoms with E-state index in [4.69, 9.17) is 16.3 Å². The zero-order valence-electron chi connectivity index (χ0n) is 8.54. The largest absolute Gasteiger partial charge is 0.495 e. The molecule has 0 radical (unpaired) electrons. The van der Waals surface area contributed by atoms with Gasteiger partial charge in [-0.25, -0.2) is 4.79 Å². The van der Waals surface area contributed by atoms with Crippen molar-refractivity contribution in [3.8, 4) is 5.75 Å². The standard InChI is InChI=1S/C10H12ClNO3/c1-14-9-4-3-7(5-8(9)11)6-12-10(13)15-2/h3-5H,6H2,1-2H3,(H,12,13). The van der Waals surface area contributed by atoms with Crippen LogP contribution in [0.15, 0.2) is 18.2 Å². The fraction of sp³-hybridized carbons (Fsp3) is 0.300. The zero-order valence-corrected chi connectivity index (χ0v) is 9.30. The molecule has 1 amide bonds. The number of amides is 1. The Morgan fingerprint density at radius 2 is 2.20 bits per heavy atom. The first-order chi connectivity index (χ1) is 7.17. The number of carbonyl (C=O) groups excluding carboxylic acids is 1. The number of halogens is 1. The molecule has 0 fully saturated rings. The highest BCUT2D eigenvalue weighted by Gasteiger charge is 2.03. The second kappa shape index (κ2) is 5.46. The van der Waals surface area contributed by atoms with Crippen LogP contribution in [0.2, 0.25) is 5.02 Å².